The molecule has 0 spiro atoms. The molecule has 0 bridgehead atoms. The lowest BCUT2D eigenvalue weighted by molar-refractivity contribution is 0.0384. The number of aromatic nitrogens is 2. The van der Waals surface area contributed by atoms with Crippen LogP contribution in [-0.4, -0.2) is 16.7 Å². The molecule has 1 saturated carbocycles. The first-order valence-corrected chi connectivity index (χ1v) is 6.88. The summed E-state index contributed by atoms with van der Waals surface area (Å²) in [5.41, 5.74) is 6.09. The summed E-state index contributed by atoms with van der Waals surface area (Å²) in [6.07, 6.45) is 3.35. The zero-order valence-electron chi connectivity index (χ0n) is 11.4. The summed E-state index contributed by atoms with van der Waals surface area (Å²) in [4.78, 5) is 4.43. The van der Waals surface area contributed by atoms with Crippen molar-refractivity contribution in [3.05, 3.63) is 11.7 Å². The molecule has 1 aliphatic carbocycles. The second-order valence-corrected chi connectivity index (χ2v) is 5.12. The van der Waals surface area contributed by atoms with Gasteiger partial charge in [0, 0.05) is 6.61 Å². The maximum Gasteiger partial charge on any atom is 0.243 e. The summed E-state index contributed by atoms with van der Waals surface area (Å²) in [6.45, 7) is 6.86. The number of ether oxygens (including phenoxy) is 1. The molecule has 1 aromatic rings. The van der Waals surface area contributed by atoms with Gasteiger partial charge in [0.05, 0.1) is 6.04 Å². The monoisotopic (exact) mass is 253 g/mol. The van der Waals surface area contributed by atoms with Gasteiger partial charge >= 0.3 is 0 Å². The highest BCUT2D eigenvalue weighted by Crippen LogP contribution is 2.42. The number of hydrogen-bond acceptors (Lipinski definition) is 5. The van der Waals surface area contributed by atoms with Crippen molar-refractivity contribution in [3.63, 3.8) is 0 Å². The van der Waals surface area contributed by atoms with E-state index in [1.54, 1.807) is 0 Å². The summed E-state index contributed by atoms with van der Waals surface area (Å²) in [5.74, 6) is 2.08. The van der Waals surface area contributed by atoms with Gasteiger partial charge in [0.25, 0.3) is 0 Å². The van der Waals surface area contributed by atoms with E-state index in [1.807, 2.05) is 6.92 Å². The van der Waals surface area contributed by atoms with E-state index in [9.17, 15) is 0 Å². The zero-order valence-corrected chi connectivity index (χ0v) is 11.4. The summed E-state index contributed by atoms with van der Waals surface area (Å²) < 4.78 is 11.0. The van der Waals surface area contributed by atoms with Crippen molar-refractivity contribution in [2.24, 2.45) is 17.6 Å². The third kappa shape index (κ3) is 2.90. The molecule has 2 N–H and O–H groups in total. The number of nitrogens with zero attached hydrogens (tertiary/aromatic N) is 2. The minimum absolute atomic E-state index is 0.0170. The van der Waals surface area contributed by atoms with Crippen molar-refractivity contribution in [2.75, 3.05) is 6.61 Å². The Morgan fingerprint density at radius 3 is 2.72 bits per heavy atom. The Morgan fingerprint density at radius 2 is 2.17 bits per heavy atom. The van der Waals surface area contributed by atoms with Gasteiger partial charge in [-0.05, 0) is 31.6 Å². The largest absolute Gasteiger partial charge is 0.370 e. The van der Waals surface area contributed by atoms with E-state index in [2.05, 4.69) is 24.0 Å². The Hall–Kier alpha value is -0.940. The van der Waals surface area contributed by atoms with Gasteiger partial charge in [-0.25, -0.2) is 0 Å². The third-order valence-corrected chi connectivity index (χ3v) is 3.65. The van der Waals surface area contributed by atoms with Gasteiger partial charge < -0.3 is 15.0 Å². The Labute approximate surface area is 108 Å². The molecule has 0 radical (unpaired) electrons. The van der Waals surface area contributed by atoms with Crippen molar-refractivity contribution in [3.8, 4) is 0 Å². The predicted molar refractivity (Wildman–Crippen MR) is 67.8 cm³/mol. The van der Waals surface area contributed by atoms with Crippen LogP contribution in [0, 0.1) is 11.8 Å². The quantitative estimate of drug-likeness (QED) is 0.808. The van der Waals surface area contributed by atoms with E-state index in [0.717, 1.165) is 6.42 Å². The first-order valence-electron chi connectivity index (χ1n) is 6.88. The molecular formula is C13H23N3O2. The molecule has 0 saturated heterocycles. The summed E-state index contributed by atoms with van der Waals surface area (Å²) >= 11 is 0. The van der Waals surface area contributed by atoms with Gasteiger partial charge in [-0.1, -0.05) is 25.4 Å². The molecule has 18 heavy (non-hydrogen) atoms. The van der Waals surface area contributed by atoms with Gasteiger partial charge in [0.1, 0.15) is 6.10 Å². The van der Waals surface area contributed by atoms with Crippen LogP contribution < -0.4 is 5.73 Å². The fourth-order valence-electron chi connectivity index (χ4n) is 2.00. The fraction of sp³-hybridized carbons (Fsp3) is 0.846. The average Bonchev–Trinajstić information content (AvgIpc) is 3.11. The van der Waals surface area contributed by atoms with Crippen LogP contribution in [0.5, 0.6) is 0 Å². The maximum absolute atomic E-state index is 6.09. The normalized spacial score (nSPS) is 20.7. The SMILES string of the molecule is CCOC(c1noc([C@@H](N)[C@@H](C)CC)n1)C1CC1. The fourth-order valence-corrected chi connectivity index (χ4v) is 2.00. The van der Waals surface area contributed by atoms with E-state index >= 15 is 0 Å². The first-order chi connectivity index (χ1) is 8.67. The third-order valence-electron chi connectivity index (χ3n) is 3.65. The lowest BCUT2D eigenvalue weighted by Gasteiger charge is -2.13. The van der Waals surface area contributed by atoms with Gasteiger partial charge in [-0.3, -0.25) is 0 Å². The van der Waals surface area contributed by atoms with Crippen molar-refractivity contribution >= 4 is 0 Å². The Balaban J connectivity index is 2.08. The van der Waals surface area contributed by atoms with E-state index in [0.29, 0.717) is 30.2 Å². The second kappa shape index (κ2) is 5.80. The Kier molecular flexibility index (Phi) is 4.35. The number of hydrogen-bond donors (Lipinski definition) is 1. The smallest absolute Gasteiger partial charge is 0.243 e. The van der Waals surface area contributed by atoms with E-state index in [-0.39, 0.29) is 12.1 Å². The van der Waals surface area contributed by atoms with Crippen molar-refractivity contribution < 1.29 is 9.26 Å². The molecule has 1 heterocycles. The molecule has 1 unspecified atom stereocenters. The molecule has 3 atom stereocenters. The minimum atomic E-state index is -0.183. The van der Waals surface area contributed by atoms with Crippen LogP contribution in [0.3, 0.4) is 0 Å². The van der Waals surface area contributed by atoms with Crippen molar-refractivity contribution in [1.82, 2.24) is 10.1 Å². The lowest BCUT2D eigenvalue weighted by Crippen LogP contribution is -2.19. The van der Waals surface area contributed by atoms with Gasteiger partial charge in [-0.15, -0.1) is 0 Å². The molecular weight excluding hydrogens is 230 g/mol. The summed E-state index contributed by atoms with van der Waals surface area (Å²) in [7, 11) is 0. The van der Waals surface area contributed by atoms with Crippen LogP contribution >= 0.6 is 0 Å². The Morgan fingerprint density at radius 1 is 1.44 bits per heavy atom. The molecule has 1 fully saturated rings. The van der Waals surface area contributed by atoms with Crippen molar-refractivity contribution in [1.29, 1.82) is 0 Å². The average molecular weight is 253 g/mol. The molecule has 2 rings (SSSR count). The van der Waals surface area contributed by atoms with Crippen LogP contribution in [-0.2, 0) is 4.74 Å². The minimum Gasteiger partial charge on any atom is -0.370 e. The van der Waals surface area contributed by atoms with Gasteiger partial charge in [0.2, 0.25) is 11.7 Å². The summed E-state index contributed by atoms with van der Waals surface area (Å²) in [6, 6.07) is -0.183. The Bertz CT molecular complexity index is 376. The standard InChI is InChI=1S/C13H23N3O2/c1-4-8(3)10(14)13-15-12(16-18-13)11(17-5-2)9-6-7-9/h8-11H,4-7,14H2,1-3H3/t8-,10-,11?/m0/s1. The molecule has 1 aromatic heterocycles. The molecule has 0 aliphatic heterocycles. The van der Waals surface area contributed by atoms with E-state index < -0.39 is 0 Å². The van der Waals surface area contributed by atoms with E-state index in [1.165, 1.54) is 12.8 Å². The number of rotatable bonds is 7. The topological polar surface area (TPSA) is 74.2 Å². The highest BCUT2D eigenvalue weighted by Gasteiger charge is 2.36. The predicted octanol–water partition coefficient (Wildman–Crippen LogP) is 2.60. The molecule has 0 amide bonds. The second-order valence-electron chi connectivity index (χ2n) is 5.12. The highest BCUT2D eigenvalue weighted by molar-refractivity contribution is 5.00. The van der Waals surface area contributed by atoms with Crippen LogP contribution in [0.15, 0.2) is 4.52 Å². The summed E-state index contributed by atoms with van der Waals surface area (Å²) in [5, 5.41) is 4.04. The molecule has 1 aliphatic rings. The molecule has 102 valence electrons. The van der Waals surface area contributed by atoms with Gasteiger partial charge in [0.15, 0.2) is 0 Å². The van der Waals surface area contributed by atoms with Crippen LogP contribution in [0.4, 0.5) is 0 Å². The van der Waals surface area contributed by atoms with Crippen LogP contribution in [0.1, 0.15) is 63.9 Å². The molecule has 5 heteroatoms. The molecule has 0 aromatic carbocycles. The van der Waals surface area contributed by atoms with Gasteiger partial charge in [-0.2, -0.15) is 4.98 Å². The maximum atomic E-state index is 6.09. The number of nitrogens with two attached hydrogens (primary N) is 1. The van der Waals surface area contributed by atoms with Crippen LogP contribution in [0.2, 0.25) is 0 Å². The highest BCUT2D eigenvalue weighted by atomic mass is 16.5. The van der Waals surface area contributed by atoms with Crippen molar-refractivity contribution in [2.45, 2.75) is 52.2 Å². The zero-order chi connectivity index (χ0) is 13.1. The molecule has 5 nitrogen and oxygen atoms in total. The lowest BCUT2D eigenvalue weighted by atomic mass is 10.0. The first kappa shape index (κ1) is 13.5. The van der Waals surface area contributed by atoms with E-state index in [4.69, 9.17) is 15.0 Å². The van der Waals surface area contributed by atoms with Crippen LogP contribution in [0.25, 0.3) is 0 Å².